The lowest BCUT2D eigenvalue weighted by Crippen LogP contribution is -2.39. The molecule has 2 unspecified atom stereocenters. The van der Waals surface area contributed by atoms with E-state index < -0.39 is 0 Å². The van der Waals surface area contributed by atoms with Gasteiger partial charge in [0.1, 0.15) is 0 Å². The van der Waals surface area contributed by atoms with Crippen molar-refractivity contribution >= 4 is 11.4 Å². The van der Waals surface area contributed by atoms with Crippen molar-refractivity contribution in [3.05, 3.63) is 23.8 Å². The minimum Gasteiger partial charge on any atom is -0.397 e. The molecule has 18 heavy (non-hydrogen) atoms. The standard InChI is InChI=1S/C15H21N3/c1-11-5-3-4-6-14(11)18(2)15-9-12(10-16)7-8-13(15)17/h7-9,11,14H,3-6,17H2,1-2H3. The lowest BCUT2D eigenvalue weighted by atomic mass is 9.85. The molecule has 2 atom stereocenters. The second-order valence-corrected chi connectivity index (χ2v) is 5.33. The number of hydrogen-bond acceptors (Lipinski definition) is 3. The van der Waals surface area contributed by atoms with Crippen LogP contribution in [0.3, 0.4) is 0 Å². The smallest absolute Gasteiger partial charge is 0.0992 e. The third kappa shape index (κ3) is 2.43. The number of nitrogens with zero attached hydrogens (tertiary/aromatic N) is 2. The molecule has 2 rings (SSSR count). The number of hydrogen-bond donors (Lipinski definition) is 1. The van der Waals surface area contributed by atoms with Gasteiger partial charge in [0.2, 0.25) is 0 Å². The monoisotopic (exact) mass is 243 g/mol. The van der Waals surface area contributed by atoms with Gasteiger partial charge in [0.15, 0.2) is 0 Å². The Hall–Kier alpha value is -1.69. The maximum Gasteiger partial charge on any atom is 0.0992 e. The number of rotatable bonds is 2. The summed E-state index contributed by atoms with van der Waals surface area (Å²) in [6.07, 6.45) is 5.12. The van der Waals surface area contributed by atoms with Gasteiger partial charge >= 0.3 is 0 Å². The van der Waals surface area contributed by atoms with Crippen LogP contribution in [0.4, 0.5) is 11.4 Å². The first kappa shape index (κ1) is 12.8. The molecular weight excluding hydrogens is 222 g/mol. The molecule has 1 fully saturated rings. The summed E-state index contributed by atoms with van der Waals surface area (Å²) in [5, 5.41) is 8.99. The van der Waals surface area contributed by atoms with Crippen LogP contribution in [0.15, 0.2) is 18.2 Å². The maximum absolute atomic E-state index is 8.99. The van der Waals surface area contributed by atoms with Crippen molar-refractivity contribution in [2.75, 3.05) is 17.7 Å². The Labute approximate surface area is 109 Å². The highest BCUT2D eigenvalue weighted by molar-refractivity contribution is 5.69. The number of anilines is 2. The van der Waals surface area contributed by atoms with E-state index in [1.807, 2.05) is 12.1 Å². The molecule has 1 aliphatic carbocycles. The van der Waals surface area contributed by atoms with Crippen LogP contribution in [0.2, 0.25) is 0 Å². The van der Waals surface area contributed by atoms with Crippen LogP contribution in [-0.4, -0.2) is 13.1 Å². The zero-order chi connectivity index (χ0) is 13.1. The molecule has 1 aromatic carbocycles. The molecule has 3 heteroatoms. The van der Waals surface area contributed by atoms with E-state index in [1.54, 1.807) is 6.07 Å². The maximum atomic E-state index is 8.99. The van der Waals surface area contributed by atoms with Gasteiger partial charge in [-0.3, -0.25) is 0 Å². The Morgan fingerprint density at radius 3 is 2.72 bits per heavy atom. The fraction of sp³-hybridized carbons (Fsp3) is 0.533. The van der Waals surface area contributed by atoms with Gasteiger partial charge in [-0.05, 0) is 37.0 Å². The van der Waals surface area contributed by atoms with E-state index in [-0.39, 0.29) is 0 Å². The molecule has 0 radical (unpaired) electrons. The van der Waals surface area contributed by atoms with Crippen molar-refractivity contribution in [2.45, 2.75) is 38.6 Å². The summed E-state index contributed by atoms with van der Waals surface area (Å²) in [5.41, 5.74) is 8.47. The highest BCUT2D eigenvalue weighted by atomic mass is 15.1. The molecule has 96 valence electrons. The summed E-state index contributed by atoms with van der Waals surface area (Å²) in [4.78, 5) is 2.26. The van der Waals surface area contributed by atoms with Gasteiger partial charge in [0, 0.05) is 13.1 Å². The third-order valence-corrected chi connectivity index (χ3v) is 4.10. The zero-order valence-corrected chi connectivity index (χ0v) is 11.2. The molecule has 1 aromatic rings. The Morgan fingerprint density at radius 1 is 1.33 bits per heavy atom. The van der Waals surface area contributed by atoms with E-state index in [1.165, 1.54) is 25.7 Å². The normalized spacial score (nSPS) is 23.4. The fourth-order valence-electron chi connectivity index (χ4n) is 2.97. The van der Waals surface area contributed by atoms with Crippen LogP contribution in [-0.2, 0) is 0 Å². The van der Waals surface area contributed by atoms with Crippen molar-refractivity contribution in [2.24, 2.45) is 5.92 Å². The molecule has 0 aromatic heterocycles. The summed E-state index contributed by atoms with van der Waals surface area (Å²) in [7, 11) is 2.10. The van der Waals surface area contributed by atoms with Gasteiger partial charge in [-0.25, -0.2) is 0 Å². The summed E-state index contributed by atoms with van der Waals surface area (Å²) < 4.78 is 0. The van der Waals surface area contributed by atoms with E-state index in [9.17, 15) is 0 Å². The molecule has 3 nitrogen and oxygen atoms in total. The fourth-order valence-corrected chi connectivity index (χ4v) is 2.97. The second kappa shape index (κ2) is 5.30. The Kier molecular flexibility index (Phi) is 3.76. The molecule has 0 bridgehead atoms. The molecule has 0 amide bonds. The van der Waals surface area contributed by atoms with Crippen molar-refractivity contribution in [1.29, 1.82) is 5.26 Å². The molecule has 1 saturated carbocycles. The molecule has 0 heterocycles. The van der Waals surface area contributed by atoms with Crippen molar-refractivity contribution in [3.63, 3.8) is 0 Å². The lowest BCUT2D eigenvalue weighted by molar-refractivity contribution is 0.322. The van der Waals surface area contributed by atoms with Crippen LogP contribution >= 0.6 is 0 Å². The number of nitrogen functional groups attached to an aromatic ring is 1. The SMILES string of the molecule is CC1CCCCC1N(C)c1cc(C#N)ccc1N. The van der Waals surface area contributed by atoms with Gasteiger partial charge in [-0.15, -0.1) is 0 Å². The molecule has 0 spiro atoms. The molecule has 0 saturated heterocycles. The molecule has 2 N–H and O–H groups in total. The highest BCUT2D eigenvalue weighted by Gasteiger charge is 2.26. The minimum atomic E-state index is 0.537. The van der Waals surface area contributed by atoms with Crippen LogP contribution in [0.5, 0.6) is 0 Å². The number of nitriles is 1. The van der Waals surface area contributed by atoms with Gasteiger partial charge in [-0.2, -0.15) is 5.26 Å². The van der Waals surface area contributed by atoms with Gasteiger partial charge in [0.25, 0.3) is 0 Å². The summed E-state index contributed by atoms with van der Waals surface area (Å²) in [6, 6.07) is 8.22. The van der Waals surface area contributed by atoms with Crippen LogP contribution in [0.1, 0.15) is 38.2 Å². The van der Waals surface area contributed by atoms with Gasteiger partial charge in [0.05, 0.1) is 23.0 Å². The quantitative estimate of drug-likeness (QED) is 0.812. The van der Waals surface area contributed by atoms with Crippen molar-refractivity contribution in [3.8, 4) is 6.07 Å². The molecule has 1 aliphatic rings. The van der Waals surface area contributed by atoms with Gasteiger partial charge in [-0.1, -0.05) is 19.8 Å². The first-order valence-corrected chi connectivity index (χ1v) is 6.66. The van der Waals surface area contributed by atoms with Crippen LogP contribution in [0, 0.1) is 17.2 Å². The van der Waals surface area contributed by atoms with E-state index in [0.29, 0.717) is 17.5 Å². The van der Waals surface area contributed by atoms with E-state index in [2.05, 4.69) is 24.9 Å². The third-order valence-electron chi connectivity index (χ3n) is 4.10. The Balaban J connectivity index is 2.27. The summed E-state index contributed by atoms with van der Waals surface area (Å²) in [5.74, 6) is 0.689. The Morgan fingerprint density at radius 2 is 2.06 bits per heavy atom. The topological polar surface area (TPSA) is 53.0 Å². The largest absolute Gasteiger partial charge is 0.397 e. The summed E-state index contributed by atoms with van der Waals surface area (Å²) in [6.45, 7) is 2.31. The molecular formula is C15H21N3. The molecule has 0 aliphatic heterocycles. The first-order valence-electron chi connectivity index (χ1n) is 6.66. The average Bonchev–Trinajstić information content (AvgIpc) is 2.39. The van der Waals surface area contributed by atoms with E-state index in [4.69, 9.17) is 11.0 Å². The lowest BCUT2D eigenvalue weighted by Gasteiger charge is -2.38. The van der Waals surface area contributed by atoms with Crippen LogP contribution < -0.4 is 10.6 Å². The second-order valence-electron chi connectivity index (χ2n) is 5.33. The van der Waals surface area contributed by atoms with Crippen molar-refractivity contribution in [1.82, 2.24) is 0 Å². The van der Waals surface area contributed by atoms with Crippen molar-refractivity contribution < 1.29 is 0 Å². The predicted molar refractivity (Wildman–Crippen MR) is 75.4 cm³/mol. The van der Waals surface area contributed by atoms with E-state index in [0.717, 1.165) is 11.4 Å². The van der Waals surface area contributed by atoms with Crippen LogP contribution in [0.25, 0.3) is 0 Å². The number of benzene rings is 1. The minimum absolute atomic E-state index is 0.537. The van der Waals surface area contributed by atoms with Gasteiger partial charge < -0.3 is 10.6 Å². The predicted octanol–water partition coefficient (Wildman–Crippen LogP) is 3.16. The Bertz CT molecular complexity index is 461. The zero-order valence-electron chi connectivity index (χ0n) is 11.2. The first-order chi connectivity index (χ1) is 8.63. The average molecular weight is 243 g/mol. The number of nitrogens with two attached hydrogens (primary N) is 1. The highest BCUT2D eigenvalue weighted by Crippen LogP contribution is 2.33. The van der Waals surface area contributed by atoms with E-state index >= 15 is 0 Å². The summed E-state index contributed by atoms with van der Waals surface area (Å²) >= 11 is 0.